The van der Waals surface area contributed by atoms with Crippen molar-refractivity contribution in [2.24, 2.45) is 0 Å². The quantitative estimate of drug-likeness (QED) is 0.594. The lowest BCUT2D eigenvalue weighted by Gasteiger charge is -2.18. The Morgan fingerprint density at radius 2 is 1.85 bits per heavy atom. The fourth-order valence-electron chi connectivity index (χ4n) is 3.22. The summed E-state index contributed by atoms with van der Waals surface area (Å²) in [6, 6.07) is 13.1. The first-order valence-electron chi connectivity index (χ1n) is 8.46. The van der Waals surface area contributed by atoms with E-state index in [2.05, 4.69) is 10.1 Å². The van der Waals surface area contributed by atoms with E-state index in [9.17, 15) is 9.18 Å². The monoisotopic (exact) mass is 363 g/mol. The van der Waals surface area contributed by atoms with Crippen LogP contribution in [0.3, 0.4) is 0 Å². The van der Waals surface area contributed by atoms with Gasteiger partial charge in [-0.05, 0) is 35.9 Å². The minimum Gasteiger partial charge on any atom is -0.486 e. The third kappa shape index (κ3) is 2.64. The second kappa shape index (κ2) is 5.98. The number of hydrogen-bond donors (Lipinski definition) is 1. The van der Waals surface area contributed by atoms with Crippen molar-refractivity contribution < 1.29 is 13.9 Å². The van der Waals surface area contributed by atoms with Gasteiger partial charge in [-0.25, -0.2) is 4.39 Å². The third-order valence-corrected chi connectivity index (χ3v) is 4.49. The van der Waals surface area contributed by atoms with Crippen LogP contribution in [0.4, 0.5) is 4.39 Å². The highest BCUT2D eigenvalue weighted by Gasteiger charge is 2.15. The molecule has 0 unspecified atom stereocenters. The second-order valence-electron chi connectivity index (χ2n) is 6.21. The number of nitrogens with zero attached hydrogens (tertiary/aromatic N) is 2. The molecule has 0 saturated heterocycles. The Hall–Kier alpha value is -3.61. The number of nitrogens with one attached hydrogen (secondary N) is 1. The normalized spacial score (nSPS) is 13.1. The van der Waals surface area contributed by atoms with E-state index >= 15 is 0 Å². The van der Waals surface area contributed by atoms with Gasteiger partial charge in [-0.2, -0.15) is 9.61 Å². The van der Waals surface area contributed by atoms with Crippen LogP contribution in [0.15, 0.2) is 59.5 Å². The molecule has 0 aliphatic carbocycles. The van der Waals surface area contributed by atoms with E-state index < -0.39 is 0 Å². The summed E-state index contributed by atoms with van der Waals surface area (Å²) >= 11 is 0. The molecular formula is C20H14FN3O3. The van der Waals surface area contributed by atoms with Gasteiger partial charge < -0.3 is 14.5 Å². The molecule has 1 aliphatic rings. The van der Waals surface area contributed by atoms with E-state index in [-0.39, 0.29) is 11.4 Å². The first-order valence-corrected chi connectivity index (χ1v) is 8.46. The van der Waals surface area contributed by atoms with Gasteiger partial charge in [0.05, 0.1) is 11.9 Å². The zero-order valence-corrected chi connectivity index (χ0v) is 14.1. The van der Waals surface area contributed by atoms with Gasteiger partial charge in [0, 0.05) is 17.2 Å². The summed E-state index contributed by atoms with van der Waals surface area (Å²) < 4.78 is 26.0. The number of aromatic nitrogens is 3. The highest BCUT2D eigenvalue weighted by molar-refractivity contribution is 5.78. The fraction of sp³-hybridized carbons (Fsp3) is 0.100. The Morgan fingerprint density at radius 1 is 1.00 bits per heavy atom. The van der Waals surface area contributed by atoms with Crippen LogP contribution in [-0.2, 0) is 0 Å². The van der Waals surface area contributed by atoms with Gasteiger partial charge in [-0.15, -0.1) is 0 Å². The van der Waals surface area contributed by atoms with Crippen LogP contribution < -0.4 is 15.0 Å². The summed E-state index contributed by atoms with van der Waals surface area (Å²) in [5, 5.41) is 4.14. The Bertz CT molecular complexity index is 1230. The average Bonchev–Trinajstić information content (AvgIpc) is 3.12. The van der Waals surface area contributed by atoms with Gasteiger partial charge >= 0.3 is 0 Å². The molecule has 27 heavy (non-hydrogen) atoms. The number of benzene rings is 2. The largest absolute Gasteiger partial charge is 0.486 e. The van der Waals surface area contributed by atoms with Crippen LogP contribution in [0.2, 0.25) is 0 Å². The summed E-state index contributed by atoms with van der Waals surface area (Å²) in [7, 11) is 0. The number of fused-ring (bicyclic) bond motifs is 2. The lowest BCUT2D eigenvalue weighted by Crippen LogP contribution is -2.16. The van der Waals surface area contributed by atoms with Crippen molar-refractivity contribution >= 4 is 5.65 Å². The van der Waals surface area contributed by atoms with Crippen molar-refractivity contribution in [3.63, 3.8) is 0 Å². The predicted octanol–water partition coefficient (Wildman–Crippen LogP) is 3.27. The number of hydrogen-bond acceptors (Lipinski definition) is 4. The van der Waals surface area contributed by atoms with Crippen molar-refractivity contribution in [3.8, 4) is 33.9 Å². The van der Waals surface area contributed by atoms with Gasteiger partial charge in [-0.1, -0.05) is 12.1 Å². The van der Waals surface area contributed by atoms with Crippen LogP contribution in [0.25, 0.3) is 28.0 Å². The SMILES string of the molecule is O=c1cc(-c2ccc3c(c2)OCCO3)[nH]c2c(-c3cccc(F)c3)cnn12. The topological polar surface area (TPSA) is 68.6 Å². The number of ether oxygens (including phenoxy) is 2. The van der Waals surface area contributed by atoms with Gasteiger partial charge in [0.25, 0.3) is 5.56 Å². The minimum atomic E-state index is -0.350. The van der Waals surface area contributed by atoms with E-state index in [1.165, 1.54) is 22.7 Å². The highest BCUT2D eigenvalue weighted by atomic mass is 19.1. The molecule has 0 amide bonds. The summed E-state index contributed by atoms with van der Waals surface area (Å²) in [6.07, 6.45) is 1.55. The number of rotatable bonds is 2. The Morgan fingerprint density at radius 3 is 2.70 bits per heavy atom. The summed E-state index contributed by atoms with van der Waals surface area (Å²) in [5.41, 5.74) is 2.90. The molecule has 0 saturated carbocycles. The third-order valence-electron chi connectivity index (χ3n) is 4.49. The summed E-state index contributed by atoms with van der Waals surface area (Å²) in [6.45, 7) is 1.00. The molecule has 0 atom stereocenters. The van der Waals surface area contributed by atoms with Gasteiger partial charge in [0.1, 0.15) is 24.7 Å². The molecule has 0 spiro atoms. The van der Waals surface area contributed by atoms with Gasteiger partial charge in [0.2, 0.25) is 0 Å². The number of aromatic amines is 1. The standard InChI is InChI=1S/C20H14FN3O3/c21-14-3-1-2-12(8-14)15-11-22-24-19(25)10-16(23-20(15)24)13-4-5-17-18(9-13)27-7-6-26-17/h1-5,8-11,23H,6-7H2. The highest BCUT2D eigenvalue weighted by Crippen LogP contribution is 2.34. The molecule has 1 aliphatic heterocycles. The maximum Gasteiger partial charge on any atom is 0.274 e. The summed E-state index contributed by atoms with van der Waals surface area (Å²) in [4.78, 5) is 15.8. The molecule has 5 rings (SSSR count). The molecule has 0 bridgehead atoms. The van der Waals surface area contributed by atoms with E-state index in [4.69, 9.17) is 9.47 Å². The average molecular weight is 363 g/mol. The van der Waals surface area contributed by atoms with Crippen molar-refractivity contribution in [2.75, 3.05) is 13.2 Å². The van der Waals surface area contributed by atoms with Crippen LogP contribution >= 0.6 is 0 Å². The smallest absolute Gasteiger partial charge is 0.274 e. The van der Waals surface area contributed by atoms with Crippen LogP contribution in [0, 0.1) is 5.82 Å². The summed E-state index contributed by atoms with van der Waals surface area (Å²) in [5.74, 6) is 0.966. The zero-order chi connectivity index (χ0) is 18.4. The minimum absolute atomic E-state index is 0.281. The van der Waals surface area contributed by atoms with E-state index in [1.54, 1.807) is 18.3 Å². The first kappa shape index (κ1) is 15.6. The van der Waals surface area contributed by atoms with E-state index in [0.29, 0.717) is 47.2 Å². The van der Waals surface area contributed by atoms with Crippen LogP contribution in [-0.4, -0.2) is 27.8 Å². The molecular weight excluding hydrogens is 349 g/mol. The molecule has 6 nitrogen and oxygen atoms in total. The Labute approximate surface area is 152 Å². The van der Waals surface area contributed by atoms with Crippen molar-refractivity contribution in [3.05, 3.63) is 70.9 Å². The van der Waals surface area contributed by atoms with Crippen molar-refractivity contribution in [2.45, 2.75) is 0 Å². The number of H-pyrrole nitrogens is 1. The maximum absolute atomic E-state index is 13.6. The van der Waals surface area contributed by atoms with E-state index in [1.807, 2.05) is 18.2 Å². The number of halogens is 1. The molecule has 3 heterocycles. The molecule has 1 N–H and O–H groups in total. The van der Waals surface area contributed by atoms with Crippen molar-refractivity contribution in [1.29, 1.82) is 0 Å². The predicted molar refractivity (Wildman–Crippen MR) is 97.6 cm³/mol. The molecule has 7 heteroatoms. The molecule has 0 radical (unpaired) electrons. The zero-order valence-electron chi connectivity index (χ0n) is 14.1. The van der Waals surface area contributed by atoms with Gasteiger partial charge in [0.15, 0.2) is 11.5 Å². The molecule has 134 valence electrons. The van der Waals surface area contributed by atoms with E-state index in [0.717, 1.165) is 5.56 Å². The Balaban J connectivity index is 1.68. The van der Waals surface area contributed by atoms with Crippen LogP contribution in [0.5, 0.6) is 11.5 Å². The maximum atomic E-state index is 13.6. The van der Waals surface area contributed by atoms with Crippen molar-refractivity contribution in [1.82, 2.24) is 14.6 Å². The van der Waals surface area contributed by atoms with Gasteiger partial charge in [-0.3, -0.25) is 4.79 Å². The molecule has 0 fully saturated rings. The second-order valence-corrected chi connectivity index (χ2v) is 6.21. The Kier molecular flexibility index (Phi) is 3.46. The fourth-order valence-corrected chi connectivity index (χ4v) is 3.22. The molecule has 4 aromatic rings. The molecule has 2 aromatic carbocycles. The molecule has 2 aromatic heterocycles. The first-order chi connectivity index (χ1) is 13.2. The lowest BCUT2D eigenvalue weighted by molar-refractivity contribution is 0.171. The van der Waals surface area contributed by atoms with Crippen LogP contribution in [0.1, 0.15) is 0 Å². The lowest BCUT2D eigenvalue weighted by atomic mass is 10.1.